The second-order valence-corrected chi connectivity index (χ2v) is 9.60. The first-order chi connectivity index (χ1) is 14.5. The summed E-state index contributed by atoms with van der Waals surface area (Å²) < 4.78 is 0. The van der Waals surface area contributed by atoms with E-state index in [1.54, 1.807) is 18.2 Å². The highest BCUT2D eigenvalue weighted by atomic mass is 35.5. The van der Waals surface area contributed by atoms with Crippen LogP contribution in [0.1, 0.15) is 45.4 Å². The molecule has 160 valence electrons. The van der Waals surface area contributed by atoms with Crippen molar-refractivity contribution in [2.24, 2.45) is 5.92 Å². The minimum Gasteiger partial charge on any atom is -0.326 e. The number of halogens is 2. The quantitative estimate of drug-likeness (QED) is 0.432. The topological polar surface area (TPSA) is 58.2 Å². The Morgan fingerprint density at radius 1 is 1.07 bits per heavy atom. The lowest BCUT2D eigenvalue weighted by Crippen LogP contribution is -2.25. The molecule has 2 aromatic rings. The molecule has 0 heterocycles. The van der Waals surface area contributed by atoms with Crippen LogP contribution < -0.4 is 10.6 Å². The van der Waals surface area contributed by atoms with E-state index in [2.05, 4.69) is 10.6 Å². The Morgan fingerprint density at radius 2 is 1.83 bits per heavy atom. The summed E-state index contributed by atoms with van der Waals surface area (Å²) in [5, 5.41) is 6.56. The summed E-state index contributed by atoms with van der Waals surface area (Å²) in [7, 11) is 0. The maximum Gasteiger partial charge on any atom is 0.237 e. The molecular formula is C23H26Cl2N2O2S. The Labute approximate surface area is 192 Å². The molecule has 1 atom stereocenters. The van der Waals surface area contributed by atoms with Crippen molar-refractivity contribution >= 4 is 58.2 Å². The molecule has 1 unspecified atom stereocenters. The van der Waals surface area contributed by atoms with Crippen molar-refractivity contribution in [1.82, 2.24) is 0 Å². The van der Waals surface area contributed by atoms with Crippen molar-refractivity contribution in [3.8, 4) is 0 Å². The van der Waals surface area contributed by atoms with Crippen molar-refractivity contribution in [3.63, 3.8) is 0 Å². The predicted molar refractivity (Wildman–Crippen MR) is 127 cm³/mol. The van der Waals surface area contributed by atoms with Crippen LogP contribution in [0.5, 0.6) is 0 Å². The van der Waals surface area contributed by atoms with E-state index < -0.39 is 0 Å². The van der Waals surface area contributed by atoms with Gasteiger partial charge in [0.1, 0.15) is 0 Å². The molecule has 4 nitrogen and oxygen atoms in total. The van der Waals surface area contributed by atoms with Gasteiger partial charge in [-0.3, -0.25) is 9.59 Å². The predicted octanol–water partition coefficient (Wildman–Crippen LogP) is 7.02. The van der Waals surface area contributed by atoms with Crippen molar-refractivity contribution in [3.05, 3.63) is 52.5 Å². The van der Waals surface area contributed by atoms with Crippen LogP contribution in [0.3, 0.4) is 0 Å². The van der Waals surface area contributed by atoms with Gasteiger partial charge in [0.05, 0.1) is 16.0 Å². The van der Waals surface area contributed by atoms with Gasteiger partial charge in [-0.25, -0.2) is 0 Å². The maximum atomic E-state index is 12.8. The summed E-state index contributed by atoms with van der Waals surface area (Å²) in [6.07, 6.45) is 6.04. The zero-order chi connectivity index (χ0) is 21.5. The number of rotatable bonds is 7. The highest BCUT2D eigenvalue weighted by Crippen LogP contribution is 2.31. The molecule has 2 amide bonds. The lowest BCUT2D eigenvalue weighted by Gasteiger charge is -2.21. The summed E-state index contributed by atoms with van der Waals surface area (Å²) in [6.45, 7) is 1.96. The molecule has 0 bridgehead atoms. The number of amides is 2. The SMILES string of the molecule is CCC(Sc1cccc(NC(=O)C2CCCCC2)c1)C(=O)Nc1cc(Cl)ccc1Cl. The molecule has 0 aromatic heterocycles. The van der Waals surface area contributed by atoms with Crippen molar-refractivity contribution in [2.75, 3.05) is 10.6 Å². The van der Waals surface area contributed by atoms with Crippen LogP contribution in [0, 0.1) is 5.92 Å². The van der Waals surface area contributed by atoms with Crippen LogP contribution in [0.4, 0.5) is 11.4 Å². The van der Waals surface area contributed by atoms with E-state index in [9.17, 15) is 9.59 Å². The monoisotopic (exact) mass is 464 g/mol. The van der Waals surface area contributed by atoms with E-state index in [0.29, 0.717) is 22.2 Å². The van der Waals surface area contributed by atoms with Gasteiger partial charge < -0.3 is 10.6 Å². The Kier molecular flexibility index (Phi) is 8.49. The molecule has 0 spiro atoms. The first-order valence-corrected chi connectivity index (χ1v) is 11.9. The third kappa shape index (κ3) is 6.40. The first kappa shape index (κ1) is 23.0. The number of nitrogens with one attached hydrogen (secondary N) is 2. The van der Waals surface area contributed by atoms with Crippen LogP contribution in [0.25, 0.3) is 0 Å². The van der Waals surface area contributed by atoms with Crippen molar-refractivity contribution < 1.29 is 9.59 Å². The molecule has 0 saturated heterocycles. The minimum absolute atomic E-state index is 0.0947. The lowest BCUT2D eigenvalue weighted by atomic mass is 9.88. The number of hydrogen-bond donors (Lipinski definition) is 2. The summed E-state index contributed by atoms with van der Waals surface area (Å²) in [5.41, 5.74) is 1.27. The Hall–Kier alpha value is -1.69. The van der Waals surface area contributed by atoms with Gasteiger partial charge in [-0.2, -0.15) is 0 Å². The van der Waals surface area contributed by atoms with Crippen LogP contribution in [-0.2, 0) is 9.59 Å². The van der Waals surface area contributed by atoms with Crippen molar-refractivity contribution in [1.29, 1.82) is 0 Å². The molecule has 0 aliphatic heterocycles. The summed E-state index contributed by atoms with van der Waals surface area (Å²) in [5.74, 6) is 0.0622. The fourth-order valence-corrected chi connectivity index (χ4v) is 4.90. The van der Waals surface area contributed by atoms with E-state index >= 15 is 0 Å². The van der Waals surface area contributed by atoms with Gasteiger partial charge in [-0.15, -0.1) is 11.8 Å². The standard InChI is InChI=1S/C23H26Cl2N2O2S/c1-2-21(23(29)27-20-13-16(24)11-12-19(20)25)30-18-10-6-9-17(14-18)26-22(28)15-7-4-3-5-8-15/h6,9-15,21H,2-5,7-8H2,1H3,(H,26,28)(H,27,29). The van der Waals surface area contributed by atoms with Crippen molar-refractivity contribution in [2.45, 2.75) is 55.6 Å². The molecule has 1 saturated carbocycles. The van der Waals surface area contributed by atoms with Gasteiger partial charge in [0.15, 0.2) is 0 Å². The summed E-state index contributed by atoms with van der Waals surface area (Å²) in [4.78, 5) is 26.2. The Balaban J connectivity index is 1.63. The van der Waals surface area contributed by atoms with E-state index in [1.807, 2.05) is 31.2 Å². The van der Waals surface area contributed by atoms with Gasteiger partial charge in [0.2, 0.25) is 11.8 Å². The van der Waals surface area contributed by atoms with Crippen LogP contribution >= 0.6 is 35.0 Å². The lowest BCUT2D eigenvalue weighted by molar-refractivity contribution is -0.120. The molecule has 2 aromatic carbocycles. The smallest absolute Gasteiger partial charge is 0.237 e. The zero-order valence-electron chi connectivity index (χ0n) is 16.9. The largest absolute Gasteiger partial charge is 0.326 e. The molecule has 30 heavy (non-hydrogen) atoms. The highest BCUT2D eigenvalue weighted by molar-refractivity contribution is 8.00. The molecule has 1 aliphatic rings. The number of carbonyl (C=O) groups is 2. The molecule has 0 radical (unpaired) electrons. The normalized spacial score (nSPS) is 15.4. The van der Waals surface area contributed by atoms with Crippen LogP contribution in [0.15, 0.2) is 47.4 Å². The fourth-order valence-electron chi connectivity index (χ4n) is 3.55. The second kappa shape index (κ2) is 11.1. The first-order valence-electron chi connectivity index (χ1n) is 10.3. The average Bonchev–Trinajstić information content (AvgIpc) is 2.75. The number of thioether (sulfide) groups is 1. The number of hydrogen-bond acceptors (Lipinski definition) is 3. The minimum atomic E-state index is -0.302. The van der Waals surface area contributed by atoms with Gasteiger partial charge in [0.25, 0.3) is 0 Å². The van der Waals surface area contributed by atoms with E-state index in [1.165, 1.54) is 18.2 Å². The Bertz CT molecular complexity index is 901. The van der Waals surface area contributed by atoms with Crippen LogP contribution in [-0.4, -0.2) is 17.1 Å². The van der Waals surface area contributed by atoms with Gasteiger partial charge in [-0.1, -0.05) is 55.5 Å². The van der Waals surface area contributed by atoms with Crippen LogP contribution in [0.2, 0.25) is 10.0 Å². The molecular weight excluding hydrogens is 439 g/mol. The van der Waals surface area contributed by atoms with Gasteiger partial charge in [-0.05, 0) is 55.7 Å². The van der Waals surface area contributed by atoms with E-state index in [0.717, 1.165) is 36.3 Å². The number of carbonyl (C=O) groups excluding carboxylic acids is 2. The molecule has 1 aliphatic carbocycles. The number of benzene rings is 2. The third-order valence-electron chi connectivity index (χ3n) is 5.21. The summed E-state index contributed by atoms with van der Waals surface area (Å²) in [6, 6.07) is 12.6. The fraction of sp³-hybridized carbons (Fsp3) is 0.391. The molecule has 3 rings (SSSR count). The maximum absolute atomic E-state index is 12.8. The zero-order valence-corrected chi connectivity index (χ0v) is 19.2. The second-order valence-electron chi connectivity index (χ2n) is 7.48. The van der Waals surface area contributed by atoms with Gasteiger partial charge >= 0.3 is 0 Å². The van der Waals surface area contributed by atoms with Gasteiger partial charge in [0, 0.05) is 21.5 Å². The van der Waals surface area contributed by atoms with E-state index in [4.69, 9.17) is 23.2 Å². The number of anilines is 2. The van der Waals surface area contributed by atoms with E-state index in [-0.39, 0.29) is 23.0 Å². The Morgan fingerprint density at radius 3 is 2.57 bits per heavy atom. The molecule has 2 N–H and O–H groups in total. The molecule has 1 fully saturated rings. The summed E-state index contributed by atoms with van der Waals surface area (Å²) >= 11 is 13.6. The average molecular weight is 465 g/mol. The highest BCUT2D eigenvalue weighted by Gasteiger charge is 2.22. The molecule has 7 heteroatoms. The third-order valence-corrected chi connectivity index (χ3v) is 7.13.